The fourth-order valence-electron chi connectivity index (χ4n) is 3.90. The van der Waals surface area contributed by atoms with Gasteiger partial charge in [-0.2, -0.15) is 5.01 Å². The van der Waals surface area contributed by atoms with E-state index in [4.69, 9.17) is 4.74 Å². The van der Waals surface area contributed by atoms with Gasteiger partial charge >= 0.3 is 12.0 Å². The lowest BCUT2D eigenvalue weighted by atomic mass is 10.1. The van der Waals surface area contributed by atoms with Gasteiger partial charge in [0.25, 0.3) is 11.8 Å². The largest absolute Gasteiger partial charge is 0.467 e. The Labute approximate surface area is 173 Å². The zero-order valence-corrected chi connectivity index (χ0v) is 16.5. The fraction of sp³-hybridized carbons (Fsp3) is 0.273. The minimum atomic E-state index is -0.740. The van der Waals surface area contributed by atoms with Crippen LogP contribution in [0.5, 0.6) is 0 Å². The molecule has 2 aromatic rings. The molecule has 0 aromatic heterocycles. The number of likely N-dealkylation sites (tertiary alicyclic amines) is 1. The van der Waals surface area contributed by atoms with Gasteiger partial charge in [-0.05, 0) is 30.5 Å². The highest BCUT2D eigenvalue weighted by Gasteiger charge is 2.45. The number of carbonyl (C=O) groups excluding carboxylic acids is 4. The average molecular weight is 407 g/mol. The summed E-state index contributed by atoms with van der Waals surface area (Å²) in [4.78, 5) is 53.1. The van der Waals surface area contributed by atoms with E-state index in [2.05, 4.69) is 0 Å². The summed E-state index contributed by atoms with van der Waals surface area (Å²) in [5.41, 5.74) is 1.25. The number of ether oxygens (including phenoxy) is 1. The van der Waals surface area contributed by atoms with Gasteiger partial charge in [-0.1, -0.05) is 42.5 Å². The lowest BCUT2D eigenvalue weighted by Gasteiger charge is -2.35. The van der Waals surface area contributed by atoms with Gasteiger partial charge in [0, 0.05) is 6.54 Å². The van der Waals surface area contributed by atoms with Gasteiger partial charge in [-0.15, -0.1) is 0 Å². The monoisotopic (exact) mass is 407 g/mol. The topological polar surface area (TPSA) is 87.2 Å². The normalized spacial score (nSPS) is 17.8. The Morgan fingerprint density at radius 3 is 2.20 bits per heavy atom. The Balaban J connectivity index is 1.71. The molecule has 8 nitrogen and oxygen atoms in total. The molecule has 0 unspecified atom stereocenters. The SMILES string of the molecule is COC(=O)[C@@H]1CCCN1C(=O)N(Cc1ccccc1)N1C(=O)c2ccccc2C1=O. The van der Waals surface area contributed by atoms with Gasteiger partial charge in [0.2, 0.25) is 0 Å². The first-order valence-corrected chi connectivity index (χ1v) is 9.70. The summed E-state index contributed by atoms with van der Waals surface area (Å²) in [5.74, 6) is -1.63. The zero-order valence-electron chi connectivity index (χ0n) is 16.5. The van der Waals surface area contributed by atoms with Gasteiger partial charge in [-0.25, -0.2) is 14.6 Å². The van der Waals surface area contributed by atoms with Crippen LogP contribution in [0.2, 0.25) is 0 Å². The van der Waals surface area contributed by atoms with E-state index in [-0.39, 0.29) is 17.7 Å². The molecule has 154 valence electrons. The molecule has 0 N–H and O–H groups in total. The van der Waals surface area contributed by atoms with E-state index in [0.717, 1.165) is 15.6 Å². The summed E-state index contributed by atoms with van der Waals surface area (Å²) in [6, 6.07) is 14.2. The Morgan fingerprint density at radius 1 is 1.00 bits per heavy atom. The molecule has 8 heteroatoms. The molecule has 0 saturated carbocycles. The third-order valence-electron chi connectivity index (χ3n) is 5.38. The van der Waals surface area contributed by atoms with Gasteiger partial charge in [0.1, 0.15) is 6.04 Å². The van der Waals surface area contributed by atoms with E-state index in [1.807, 2.05) is 18.2 Å². The Hall–Kier alpha value is -3.68. The van der Waals surface area contributed by atoms with Crippen molar-refractivity contribution < 1.29 is 23.9 Å². The molecule has 1 fully saturated rings. The second kappa shape index (κ2) is 7.98. The quantitative estimate of drug-likeness (QED) is 0.574. The molecule has 1 saturated heterocycles. The number of hydrogen-bond acceptors (Lipinski definition) is 5. The number of fused-ring (bicyclic) bond motifs is 1. The predicted octanol–water partition coefficient (Wildman–Crippen LogP) is 2.46. The minimum Gasteiger partial charge on any atom is -0.467 e. The summed E-state index contributed by atoms with van der Waals surface area (Å²) in [6.45, 7) is 0.350. The lowest BCUT2D eigenvalue weighted by Crippen LogP contribution is -2.56. The lowest BCUT2D eigenvalue weighted by molar-refractivity contribution is -0.145. The Morgan fingerprint density at radius 2 is 1.60 bits per heavy atom. The maximum Gasteiger partial charge on any atom is 0.340 e. The van der Waals surface area contributed by atoms with Gasteiger partial charge < -0.3 is 9.64 Å². The number of carbonyl (C=O) groups is 4. The highest BCUT2D eigenvalue weighted by Crippen LogP contribution is 2.28. The van der Waals surface area contributed by atoms with Crippen molar-refractivity contribution in [3.05, 3.63) is 71.3 Å². The smallest absolute Gasteiger partial charge is 0.340 e. The van der Waals surface area contributed by atoms with E-state index < -0.39 is 29.9 Å². The number of rotatable bonds is 4. The molecule has 0 bridgehead atoms. The number of imide groups is 1. The number of methoxy groups -OCH3 is 1. The van der Waals surface area contributed by atoms with Crippen LogP contribution in [0.3, 0.4) is 0 Å². The van der Waals surface area contributed by atoms with Crippen LogP contribution >= 0.6 is 0 Å². The highest BCUT2D eigenvalue weighted by atomic mass is 16.5. The molecule has 2 aliphatic heterocycles. The van der Waals surface area contributed by atoms with Crippen molar-refractivity contribution >= 4 is 23.8 Å². The third kappa shape index (κ3) is 3.30. The molecule has 2 aromatic carbocycles. The standard InChI is InChI=1S/C22H21N3O5/c1-30-21(28)18-12-7-13-23(18)22(29)24(14-15-8-3-2-4-9-15)25-19(26)16-10-5-6-11-17(16)20(25)27/h2-6,8-11,18H,7,12-14H2,1H3/t18-/m0/s1. The molecular weight excluding hydrogens is 386 g/mol. The van der Waals surface area contributed by atoms with Crippen molar-refractivity contribution in [2.24, 2.45) is 0 Å². The molecule has 30 heavy (non-hydrogen) atoms. The first kappa shape index (κ1) is 19.6. The summed E-state index contributed by atoms with van der Waals surface area (Å²) in [5, 5.41) is 2.01. The Kier molecular flexibility index (Phi) is 5.22. The van der Waals surface area contributed by atoms with Crippen molar-refractivity contribution in [2.45, 2.75) is 25.4 Å². The van der Waals surface area contributed by atoms with E-state index in [1.54, 1.807) is 36.4 Å². The summed E-state index contributed by atoms with van der Waals surface area (Å²) < 4.78 is 4.83. The van der Waals surface area contributed by atoms with Crippen molar-refractivity contribution in [3.63, 3.8) is 0 Å². The van der Waals surface area contributed by atoms with Crippen LogP contribution in [0.15, 0.2) is 54.6 Å². The number of esters is 1. The van der Waals surface area contributed by atoms with E-state index in [0.29, 0.717) is 19.4 Å². The van der Waals surface area contributed by atoms with Gasteiger partial charge in [-0.3, -0.25) is 9.59 Å². The van der Waals surface area contributed by atoms with Crippen LogP contribution < -0.4 is 0 Å². The van der Waals surface area contributed by atoms with Crippen LogP contribution in [0.1, 0.15) is 39.1 Å². The van der Waals surface area contributed by atoms with Crippen molar-refractivity contribution in [3.8, 4) is 0 Å². The summed E-state index contributed by atoms with van der Waals surface area (Å²) in [7, 11) is 1.27. The number of hydrazine groups is 1. The number of amides is 4. The molecule has 4 amide bonds. The van der Waals surface area contributed by atoms with Crippen LogP contribution in [-0.4, -0.2) is 58.4 Å². The second-order valence-corrected chi connectivity index (χ2v) is 7.17. The van der Waals surface area contributed by atoms with Crippen LogP contribution in [-0.2, 0) is 16.1 Å². The molecule has 0 radical (unpaired) electrons. The van der Waals surface area contributed by atoms with Crippen molar-refractivity contribution in [1.29, 1.82) is 0 Å². The number of hydrogen-bond donors (Lipinski definition) is 0. The summed E-state index contributed by atoms with van der Waals surface area (Å²) >= 11 is 0. The van der Waals surface area contributed by atoms with Gasteiger partial charge in [0.05, 0.1) is 24.8 Å². The molecular formula is C22H21N3O5. The predicted molar refractivity (Wildman–Crippen MR) is 106 cm³/mol. The van der Waals surface area contributed by atoms with Crippen molar-refractivity contribution in [2.75, 3.05) is 13.7 Å². The van der Waals surface area contributed by atoms with E-state index >= 15 is 0 Å². The van der Waals surface area contributed by atoms with Gasteiger partial charge in [0.15, 0.2) is 0 Å². The molecule has 4 rings (SSSR count). The maximum atomic E-state index is 13.5. The Bertz CT molecular complexity index is 972. The molecule has 0 spiro atoms. The molecule has 2 heterocycles. The number of urea groups is 1. The van der Waals surface area contributed by atoms with Crippen LogP contribution in [0.4, 0.5) is 4.79 Å². The number of benzene rings is 2. The fourth-order valence-corrected chi connectivity index (χ4v) is 3.90. The van der Waals surface area contributed by atoms with E-state index in [1.165, 1.54) is 12.0 Å². The average Bonchev–Trinajstić information content (AvgIpc) is 3.36. The first-order valence-electron chi connectivity index (χ1n) is 9.70. The van der Waals surface area contributed by atoms with E-state index in [9.17, 15) is 19.2 Å². The summed E-state index contributed by atoms with van der Waals surface area (Å²) in [6.07, 6.45) is 1.10. The van der Waals surface area contributed by atoms with Crippen molar-refractivity contribution in [1.82, 2.24) is 14.9 Å². The zero-order chi connectivity index (χ0) is 21.3. The highest BCUT2D eigenvalue weighted by molar-refractivity contribution is 6.21. The third-order valence-corrected chi connectivity index (χ3v) is 5.38. The first-order chi connectivity index (χ1) is 14.5. The van der Waals surface area contributed by atoms with Crippen LogP contribution in [0, 0.1) is 0 Å². The maximum absolute atomic E-state index is 13.5. The minimum absolute atomic E-state index is 0.00946. The van der Waals surface area contributed by atoms with Crippen LogP contribution in [0.25, 0.3) is 0 Å². The number of nitrogens with zero attached hydrogens (tertiary/aromatic N) is 3. The molecule has 2 aliphatic rings. The molecule has 1 atom stereocenters. The molecule has 0 aliphatic carbocycles. The second-order valence-electron chi connectivity index (χ2n) is 7.17.